The number of benzene rings is 1. The molecular weight excluding hydrogens is 308 g/mol. The summed E-state index contributed by atoms with van der Waals surface area (Å²) in [7, 11) is 0. The van der Waals surface area contributed by atoms with E-state index in [4.69, 9.17) is 9.15 Å². The molecule has 0 saturated heterocycles. The van der Waals surface area contributed by atoms with E-state index in [0.717, 1.165) is 17.2 Å². The third kappa shape index (κ3) is 2.88. The second kappa shape index (κ2) is 6.19. The summed E-state index contributed by atoms with van der Waals surface area (Å²) in [6.45, 7) is 1.27. The van der Waals surface area contributed by atoms with Gasteiger partial charge in [0.2, 0.25) is 5.89 Å². The van der Waals surface area contributed by atoms with Gasteiger partial charge in [0.1, 0.15) is 17.2 Å². The summed E-state index contributed by atoms with van der Waals surface area (Å²) in [4.78, 5) is 25.3. The average molecular weight is 324 g/mol. The number of ether oxygens (including phenoxy) is 1. The van der Waals surface area contributed by atoms with Crippen molar-refractivity contribution >= 4 is 5.91 Å². The molecule has 1 aliphatic rings. The van der Waals surface area contributed by atoms with Gasteiger partial charge in [-0.15, -0.1) is 0 Å². The number of aromatic amines is 1. The molecule has 2 aromatic heterocycles. The summed E-state index contributed by atoms with van der Waals surface area (Å²) in [5.74, 6) is 1.90. The van der Waals surface area contributed by atoms with Gasteiger partial charge in [-0.1, -0.05) is 18.2 Å². The van der Waals surface area contributed by atoms with Gasteiger partial charge in [-0.3, -0.25) is 4.79 Å². The molecule has 3 aromatic rings. The van der Waals surface area contributed by atoms with Gasteiger partial charge in [-0.2, -0.15) is 0 Å². The van der Waals surface area contributed by atoms with Crippen LogP contribution >= 0.6 is 0 Å². The number of amides is 1. The van der Waals surface area contributed by atoms with Crippen molar-refractivity contribution < 1.29 is 13.9 Å². The van der Waals surface area contributed by atoms with E-state index in [-0.39, 0.29) is 12.5 Å². The standard InChI is InChI=1S/C17H16N4O3/c22-17(14-8-18-11-19-14)21-7-6-13-15(9-21)24-16(20-13)10-23-12-4-2-1-3-5-12/h1-5,8,11H,6-7,9-10H2,(H,18,19). The monoisotopic (exact) mass is 324 g/mol. The number of oxazole rings is 1. The third-order valence-electron chi connectivity index (χ3n) is 3.89. The van der Waals surface area contributed by atoms with Gasteiger partial charge in [0, 0.05) is 19.2 Å². The minimum absolute atomic E-state index is 0.111. The summed E-state index contributed by atoms with van der Waals surface area (Å²) >= 11 is 0. The maximum Gasteiger partial charge on any atom is 0.274 e. The van der Waals surface area contributed by atoms with Crippen LogP contribution in [0.1, 0.15) is 27.8 Å². The Kier molecular flexibility index (Phi) is 3.74. The van der Waals surface area contributed by atoms with E-state index in [0.29, 0.717) is 31.1 Å². The number of fused-ring (bicyclic) bond motifs is 1. The van der Waals surface area contributed by atoms with E-state index < -0.39 is 0 Å². The lowest BCUT2D eigenvalue weighted by molar-refractivity contribution is 0.0713. The Hall–Kier alpha value is -3.09. The zero-order valence-electron chi connectivity index (χ0n) is 12.9. The highest BCUT2D eigenvalue weighted by Gasteiger charge is 2.27. The molecule has 0 aliphatic carbocycles. The number of nitrogens with zero attached hydrogens (tertiary/aromatic N) is 3. The minimum Gasteiger partial charge on any atom is -0.484 e. The Morgan fingerprint density at radius 1 is 1.33 bits per heavy atom. The fraction of sp³-hybridized carbons (Fsp3) is 0.235. The molecule has 0 saturated carbocycles. The van der Waals surface area contributed by atoms with E-state index in [1.54, 1.807) is 11.1 Å². The lowest BCUT2D eigenvalue weighted by Crippen LogP contribution is -2.35. The van der Waals surface area contributed by atoms with E-state index in [1.165, 1.54) is 6.33 Å². The summed E-state index contributed by atoms with van der Waals surface area (Å²) in [6.07, 6.45) is 3.76. The van der Waals surface area contributed by atoms with Crippen molar-refractivity contribution in [1.29, 1.82) is 0 Å². The zero-order valence-corrected chi connectivity index (χ0v) is 12.9. The molecular formula is C17H16N4O3. The molecule has 0 unspecified atom stereocenters. The van der Waals surface area contributed by atoms with Gasteiger partial charge in [-0.05, 0) is 12.1 Å². The lowest BCUT2D eigenvalue weighted by Gasteiger charge is -2.24. The number of rotatable bonds is 4. The van der Waals surface area contributed by atoms with Crippen LogP contribution in [0.25, 0.3) is 0 Å². The number of carbonyl (C=O) groups is 1. The van der Waals surface area contributed by atoms with Crippen LogP contribution in [-0.2, 0) is 19.6 Å². The molecule has 24 heavy (non-hydrogen) atoms. The van der Waals surface area contributed by atoms with Gasteiger partial charge in [0.05, 0.1) is 18.6 Å². The van der Waals surface area contributed by atoms with E-state index >= 15 is 0 Å². The number of H-pyrrole nitrogens is 1. The average Bonchev–Trinajstić information content (AvgIpc) is 3.29. The van der Waals surface area contributed by atoms with Crippen LogP contribution in [0.15, 0.2) is 47.3 Å². The van der Waals surface area contributed by atoms with E-state index in [2.05, 4.69) is 15.0 Å². The first-order valence-electron chi connectivity index (χ1n) is 7.73. The predicted molar refractivity (Wildman–Crippen MR) is 84.3 cm³/mol. The van der Waals surface area contributed by atoms with Crippen molar-refractivity contribution in [3.63, 3.8) is 0 Å². The first-order valence-corrected chi connectivity index (χ1v) is 7.73. The van der Waals surface area contributed by atoms with Gasteiger partial charge in [0.25, 0.3) is 5.91 Å². The van der Waals surface area contributed by atoms with Gasteiger partial charge in [0.15, 0.2) is 6.61 Å². The number of hydrogen-bond donors (Lipinski definition) is 1. The highest BCUT2D eigenvalue weighted by Crippen LogP contribution is 2.22. The summed E-state index contributed by atoms with van der Waals surface area (Å²) in [6, 6.07) is 9.52. The van der Waals surface area contributed by atoms with Crippen molar-refractivity contribution in [1.82, 2.24) is 19.9 Å². The van der Waals surface area contributed by atoms with Crippen LogP contribution < -0.4 is 4.74 Å². The number of imidazole rings is 1. The molecule has 7 heteroatoms. The predicted octanol–water partition coefficient (Wildman–Crippen LogP) is 2.18. The van der Waals surface area contributed by atoms with Crippen LogP contribution in [0.5, 0.6) is 5.75 Å². The van der Waals surface area contributed by atoms with E-state index in [1.807, 2.05) is 30.3 Å². The smallest absolute Gasteiger partial charge is 0.274 e. The summed E-state index contributed by atoms with van der Waals surface area (Å²) in [5.41, 5.74) is 1.30. The molecule has 0 fully saturated rings. The molecule has 1 aliphatic heterocycles. The Bertz CT molecular complexity index is 827. The van der Waals surface area contributed by atoms with Crippen molar-refractivity contribution in [2.45, 2.75) is 19.6 Å². The third-order valence-corrected chi connectivity index (χ3v) is 3.89. The van der Waals surface area contributed by atoms with Crippen molar-refractivity contribution in [3.05, 3.63) is 65.9 Å². The topological polar surface area (TPSA) is 84.2 Å². The molecule has 4 rings (SSSR count). The molecule has 122 valence electrons. The molecule has 1 amide bonds. The number of nitrogens with one attached hydrogen (secondary N) is 1. The Labute approximate surface area is 138 Å². The first kappa shape index (κ1) is 14.5. The van der Waals surface area contributed by atoms with Crippen molar-refractivity contribution in [2.75, 3.05) is 6.54 Å². The largest absolute Gasteiger partial charge is 0.484 e. The highest BCUT2D eigenvalue weighted by atomic mass is 16.5. The molecule has 7 nitrogen and oxygen atoms in total. The summed E-state index contributed by atoms with van der Waals surface area (Å²) < 4.78 is 11.4. The van der Waals surface area contributed by atoms with Crippen LogP contribution in [0, 0.1) is 0 Å². The number of aromatic nitrogens is 3. The maximum absolute atomic E-state index is 12.3. The zero-order chi connectivity index (χ0) is 16.4. The van der Waals surface area contributed by atoms with Crippen LogP contribution in [-0.4, -0.2) is 32.3 Å². The van der Waals surface area contributed by atoms with Gasteiger partial charge in [-0.25, -0.2) is 9.97 Å². The normalized spacial score (nSPS) is 13.6. The summed E-state index contributed by atoms with van der Waals surface area (Å²) in [5, 5.41) is 0. The molecule has 1 N–H and O–H groups in total. The second-order valence-electron chi connectivity index (χ2n) is 5.51. The Balaban J connectivity index is 1.43. The highest BCUT2D eigenvalue weighted by molar-refractivity contribution is 5.92. The van der Waals surface area contributed by atoms with Crippen molar-refractivity contribution in [2.24, 2.45) is 0 Å². The quantitative estimate of drug-likeness (QED) is 0.795. The number of hydrogen-bond acceptors (Lipinski definition) is 5. The molecule has 3 heterocycles. The molecule has 0 bridgehead atoms. The van der Waals surface area contributed by atoms with Gasteiger partial charge >= 0.3 is 0 Å². The minimum atomic E-state index is -0.111. The fourth-order valence-corrected chi connectivity index (χ4v) is 2.69. The molecule has 0 spiro atoms. The SMILES string of the molecule is O=C(c1c[nH]cn1)N1CCc2nc(COc3ccccc3)oc2C1. The van der Waals surface area contributed by atoms with Crippen molar-refractivity contribution in [3.8, 4) is 5.75 Å². The van der Waals surface area contributed by atoms with Crippen LogP contribution in [0.4, 0.5) is 0 Å². The Morgan fingerprint density at radius 2 is 2.21 bits per heavy atom. The number of para-hydroxylation sites is 1. The first-order chi connectivity index (χ1) is 11.8. The fourth-order valence-electron chi connectivity index (χ4n) is 2.69. The lowest BCUT2D eigenvalue weighted by atomic mass is 10.1. The van der Waals surface area contributed by atoms with E-state index in [9.17, 15) is 4.79 Å². The second-order valence-corrected chi connectivity index (χ2v) is 5.51. The van der Waals surface area contributed by atoms with Crippen LogP contribution in [0.3, 0.4) is 0 Å². The van der Waals surface area contributed by atoms with Crippen LogP contribution in [0.2, 0.25) is 0 Å². The maximum atomic E-state index is 12.3. The van der Waals surface area contributed by atoms with Gasteiger partial charge < -0.3 is 19.0 Å². The molecule has 1 aromatic carbocycles. The molecule has 0 atom stereocenters. The number of carbonyl (C=O) groups excluding carboxylic acids is 1. The Morgan fingerprint density at radius 3 is 3.00 bits per heavy atom. The molecule has 0 radical (unpaired) electrons.